The molecule has 1 fully saturated rings. The van der Waals surface area contributed by atoms with E-state index < -0.39 is 0 Å². The Morgan fingerprint density at radius 2 is 2.15 bits per heavy atom. The predicted molar refractivity (Wildman–Crippen MR) is 88.7 cm³/mol. The molecule has 20 heavy (non-hydrogen) atoms. The Balaban J connectivity index is 0.00000200. The number of hydrogen-bond acceptors (Lipinski definition) is 3. The van der Waals surface area contributed by atoms with Crippen LogP contribution in [-0.4, -0.2) is 35.4 Å². The molecule has 1 aliphatic heterocycles. The minimum absolute atomic E-state index is 0. The fourth-order valence-electron chi connectivity index (χ4n) is 2.21. The monoisotopic (exact) mass is 334 g/mol. The lowest BCUT2D eigenvalue weighted by Gasteiger charge is -2.37. The Morgan fingerprint density at radius 1 is 1.50 bits per heavy atom. The summed E-state index contributed by atoms with van der Waals surface area (Å²) in [6.45, 7) is 3.08. The molecular weight excluding hydrogens is 315 g/mol. The molecule has 2 unspecified atom stereocenters. The van der Waals surface area contributed by atoms with Crippen LogP contribution in [0.1, 0.15) is 18.5 Å². The third kappa shape index (κ3) is 4.04. The minimum Gasteiger partial charge on any atom is -0.334 e. The van der Waals surface area contributed by atoms with Crippen molar-refractivity contribution in [3.8, 4) is 0 Å². The van der Waals surface area contributed by atoms with E-state index in [2.05, 4.69) is 0 Å². The molecule has 1 aromatic carbocycles. The number of rotatable bonds is 3. The normalized spacial score (nSPS) is 20.1. The molecule has 2 rings (SSSR count). The minimum atomic E-state index is -0.113. The van der Waals surface area contributed by atoms with Crippen LogP contribution >= 0.6 is 35.8 Å². The second-order valence-corrected chi connectivity index (χ2v) is 6.40. The molecule has 1 amide bonds. The molecule has 2 atom stereocenters. The van der Waals surface area contributed by atoms with E-state index in [1.54, 1.807) is 0 Å². The Bertz CT molecular complexity index is 441. The van der Waals surface area contributed by atoms with Gasteiger partial charge in [-0.1, -0.05) is 30.7 Å². The number of halogens is 2. The smallest absolute Gasteiger partial charge is 0.227 e. The zero-order valence-corrected chi connectivity index (χ0v) is 13.8. The molecule has 0 bridgehead atoms. The maximum absolute atomic E-state index is 12.4. The molecule has 112 valence electrons. The van der Waals surface area contributed by atoms with Crippen LogP contribution in [0, 0.1) is 5.92 Å². The molecule has 6 heteroatoms. The molecule has 0 saturated carbocycles. The number of amides is 1. The van der Waals surface area contributed by atoms with Crippen molar-refractivity contribution in [2.24, 2.45) is 11.7 Å². The molecule has 0 radical (unpaired) electrons. The van der Waals surface area contributed by atoms with Crippen LogP contribution < -0.4 is 5.73 Å². The van der Waals surface area contributed by atoms with E-state index in [9.17, 15) is 4.79 Å². The van der Waals surface area contributed by atoms with Crippen molar-refractivity contribution in [3.63, 3.8) is 0 Å². The van der Waals surface area contributed by atoms with Crippen LogP contribution in [0.5, 0.6) is 0 Å². The van der Waals surface area contributed by atoms with Crippen molar-refractivity contribution < 1.29 is 4.79 Å². The average Bonchev–Trinajstić information content (AvgIpc) is 2.46. The van der Waals surface area contributed by atoms with Gasteiger partial charge in [-0.25, -0.2) is 0 Å². The van der Waals surface area contributed by atoms with Crippen LogP contribution in [0.4, 0.5) is 0 Å². The molecule has 1 saturated heterocycles. The molecule has 3 nitrogen and oxygen atoms in total. The highest BCUT2D eigenvalue weighted by Crippen LogP contribution is 2.31. The van der Waals surface area contributed by atoms with Gasteiger partial charge in [-0.3, -0.25) is 4.79 Å². The highest BCUT2D eigenvalue weighted by Gasteiger charge is 2.30. The Hall–Kier alpha value is -0.420. The van der Waals surface area contributed by atoms with Crippen LogP contribution in [-0.2, 0) is 4.79 Å². The van der Waals surface area contributed by atoms with Crippen molar-refractivity contribution in [2.45, 2.75) is 13.0 Å². The third-order valence-electron chi connectivity index (χ3n) is 3.44. The van der Waals surface area contributed by atoms with Gasteiger partial charge in [-0.15, -0.1) is 12.4 Å². The van der Waals surface area contributed by atoms with Crippen molar-refractivity contribution in [1.82, 2.24) is 4.90 Å². The molecule has 1 heterocycles. The van der Waals surface area contributed by atoms with Gasteiger partial charge in [-0.05, 0) is 17.7 Å². The van der Waals surface area contributed by atoms with Gasteiger partial charge in [0.25, 0.3) is 0 Å². The largest absolute Gasteiger partial charge is 0.334 e. The summed E-state index contributed by atoms with van der Waals surface area (Å²) in [4.78, 5) is 14.4. The SMILES string of the molecule is CC(CN)C(=O)N1CCSCC1c1ccc(Cl)cc1.Cl. The summed E-state index contributed by atoms with van der Waals surface area (Å²) in [5.41, 5.74) is 6.76. The highest BCUT2D eigenvalue weighted by molar-refractivity contribution is 7.99. The van der Waals surface area contributed by atoms with Crippen molar-refractivity contribution in [2.75, 3.05) is 24.6 Å². The Kier molecular flexibility index (Phi) is 7.17. The lowest BCUT2D eigenvalue weighted by atomic mass is 10.0. The standard InChI is InChI=1S/C14H19ClN2OS.ClH/c1-10(8-16)14(18)17-6-7-19-9-13(17)11-2-4-12(15)5-3-11;/h2-5,10,13H,6-9,16H2,1H3;1H. The first kappa shape index (κ1) is 17.6. The summed E-state index contributed by atoms with van der Waals surface area (Å²) in [6, 6.07) is 7.91. The molecule has 0 aromatic heterocycles. The van der Waals surface area contributed by atoms with Gasteiger partial charge in [0.1, 0.15) is 0 Å². The van der Waals surface area contributed by atoms with E-state index in [1.165, 1.54) is 0 Å². The van der Waals surface area contributed by atoms with Crippen LogP contribution in [0.3, 0.4) is 0 Å². The number of benzene rings is 1. The van der Waals surface area contributed by atoms with Crippen molar-refractivity contribution >= 4 is 41.7 Å². The lowest BCUT2D eigenvalue weighted by Crippen LogP contribution is -2.44. The van der Waals surface area contributed by atoms with Crippen LogP contribution in [0.15, 0.2) is 24.3 Å². The molecule has 1 aromatic rings. The zero-order chi connectivity index (χ0) is 13.8. The van der Waals surface area contributed by atoms with Gasteiger partial charge in [-0.2, -0.15) is 11.8 Å². The van der Waals surface area contributed by atoms with E-state index in [1.807, 2.05) is 47.9 Å². The molecule has 1 aliphatic rings. The molecule has 0 spiro atoms. The topological polar surface area (TPSA) is 46.3 Å². The molecule has 2 N–H and O–H groups in total. The quantitative estimate of drug-likeness (QED) is 0.924. The summed E-state index contributed by atoms with van der Waals surface area (Å²) >= 11 is 7.80. The summed E-state index contributed by atoms with van der Waals surface area (Å²) < 4.78 is 0. The summed E-state index contributed by atoms with van der Waals surface area (Å²) in [7, 11) is 0. The Morgan fingerprint density at radius 3 is 2.75 bits per heavy atom. The average molecular weight is 335 g/mol. The number of carbonyl (C=O) groups is 1. The first-order valence-corrected chi connectivity index (χ1v) is 8.00. The second-order valence-electron chi connectivity index (χ2n) is 4.81. The fraction of sp³-hybridized carbons (Fsp3) is 0.500. The predicted octanol–water partition coefficient (Wildman–Crippen LogP) is 2.97. The number of nitrogens with two attached hydrogens (primary N) is 1. The van der Waals surface area contributed by atoms with Gasteiger partial charge >= 0.3 is 0 Å². The van der Waals surface area contributed by atoms with E-state index in [0.29, 0.717) is 6.54 Å². The van der Waals surface area contributed by atoms with Gasteiger partial charge in [0, 0.05) is 35.5 Å². The number of hydrogen-bond donors (Lipinski definition) is 1. The fourth-order valence-corrected chi connectivity index (χ4v) is 3.43. The van der Waals surface area contributed by atoms with Gasteiger partial charge in [0.05, 0.1) is 6.04 Å². The third-order valence-corrected chi connectivity index (χ3v) is 4.72. The number of carbonyl (C=O) groups excluding carboxylic acids is 1. The number of thioether (sulfide) groups is 1. The number of nitrogens with zero attached hydrogens (tertiary/aromatic N) is 1. The second kappa shape index (κ2) is 8.13. The van der Waals surface area contributed by atoms with Gasteiger partial charge in [0.2, 0.25) is 5.91 Å². The van der Waals surface area contributed by atoms with Crippen LogP contribution in [0.2, 0.25) is 5.02 Å². The summed E-state index contributed by atoms with van der Waals surface area (Å²) in [6.07, 6.45) is 0. The maximum Gasteiger partial charge on any atom is 0.227 e. The molecule has 0 aliphatic carbocycles. The Labute approximate surface area is 135 Å². The first-order chi connectivity index (χ1) is 9.13. The molecular formula is C14H20Cl2N2OS. The van der Waals surface area contributed by atoms with Crippen molar-refractivity contribution in [3.05, 3.63) is 34.9 Å². The van der Waals surface area contributed by atoms with E-state index in [-0.39, 0.29) is 30.3 Å². The first-order valence-electron chi connectivity index (χ1n) is 6.47. The van der Waals surface area contributed by atoms with E-state index in [0.717, 1.165) is 28.6 Å². The highest BCUT2D eigenvalue weighted by atomic mass is 35.5. The van der Waals surface area contributed by atoms with Crippen LogP contribution in [0.25, 0.3) is 0 Å². The maximum atomic E-state index is 12.4. The lowest BCUT2D eigenvalue weighted by molar-refractivity contribution is -0.136. The zero-order valence-electron chi connectivity index (χ0n) is 11.4. The van der Waals surface area contributed by atoms with E-state index >= 15 is 0 Å². The summed E-state index contributed by atoms with van der Waals surface area (Å²) in [5.74, 6) is 1.97. The van der Waals surface area contributed by atoms with Gasteiger partial charge < -0.3 is 10.6 Å². The van der Waals surface area contributed by atoms with E-state index in [4.69, 9.17) is 17.3 Å². The summed E-state index contributed by atoms with van der Waals surface area (Å²) in [5, 5.41) is 0.723. The van der Waals surface area contributed by atoms with Gasteiger partial charge in [0.15, 0.2) is 0 Å². The van der Waals surface area contributed by atoms with Crippen molar-refractivity contribution in [1.29, 1.82) is 0 Å².